The molecule has 0 bridgehead atoms. The number of nitrogens with zero attached hydrogens (tertiary/aromatic N) is 1. The number of thiophene rings is 1. The number of ether oxygens (including phenoxy) is 1. The Kier molecular flexibility index (Phi) is 6.96. The third-order valence-corrected chi connectivity index (χ3v) is 5.81. The van der Waals surface area contributed by atoms with Crippen LogP contribution in [0.1, 0.15) is 41.5 Å². The molecule has 0 saturated heterocycles. The van der Waals surface area contributed by atoms with Crippen molar-refractivity contribution in [3.63, 3.8) is 0 Å². The summed E-state index contributed by atoms with van der Waals surface area (Å²) in [6.45, 7) is 1.90. The molecule has 32 heavy (non-hydrogen) atoms. The van der Waals surface area contributed by atoms with E-state index in [1.165, 1.54) is 31.4 Å². The summed E-state index contributed by atoms with van der Waals surface area (Å²) in [7, 11) is 1.20. The normalized spacial score (nSPS) is 10.3. The van der Waals surface area contributed by atoms with Gasteiger partial charge in [0.2, 0.25) is 0 Å². The van der Waals surface area contributed by atoms with Gasteiger partial charge in [0.05, 0.1) is 22.5 Å². The van der Waals surface area contributed by atoms with Crippen LogP contribution in [0.2, 0.25) is 0 Å². The summed E-state index contributed by atoms with van der Waals surface area (Å²) < 4.78 is 4.82. The van der Waals surface area contributed by atoms with Crippen LogP contribution in [0.5, 0.6) is 0 Å². The van der Waals surface area contributed by atoms with Gasteiger partial charge in [-0.25, -0.2) is 4.79 Å². The molecule has 10 heteroatoms. The number of hydrogen-bond acceptors (Lipinski definition) is 7. The summed E-state index contributed by atoms with van der Waals surface area (Å²) in [5.41, 5.74) is 1.38. The summed E-state index contributed by atoms with van der Waals surface area (Å²) in [5, 5.41) is 16.4. The number of non-ortho nitro benzene ring substituents is 1. The third kappa shape index (κ3) is 4.98. The van der Waals surface area contributed by atoms with Crippen LogP contribution in [0, 0.1) is 17.0 Å². The molecular formula is C22H19N3O6S. The van der Waals surface area contributed by atoms with E-state index in [4.69, 9.17) is 4.74 Å². The van der Waals surface area contributed by atoms with Gasteiger partial charge >= 0.3 is 5.97 Å². The second-order valence-corrected chi connectivity index (χ2v) is 7.70. The van der Waals surface area contributed by atoms with Gasteiger partial charge in [-0.15, -0.1) is 11.3 Å². The van der Waals surface area contributed by atoms with Gasteiger partial charge in [-0.3, -0.25) is 19.7 Å². The summed E-state index contributed by atoms with van der Waals surface area (Å²) in [5.74, 6) is -1.67. The molecule has 0 aliphatic heterocycles. The fraction of sp³-hybridized carbons (Fsp3) is 0.136. The van der Waals surface area contributed by atoms with Crippen molar-refractivity contribution < 1.29 is 24.0 Å². The van der Waals surface area contributed by atoms with E-state index in [1.54, 1.807) is 6.92 Å². The average Bonchev–Trinajstić information content (AvgIpc) is 3.13. The Morgan fingerprint density at radius 1 is 1.03 bits per heavy atom. The van der Waals surface area contributed by atoms with Crippen molar-refractivity contribution in [3.8, 4) is 0 Å². The topological polar surface area (TPSA) is 128 Å². The van der Waals surface area contributed by atoms with Crippen LogP contribution < -0.4 is 10.6 Å². The van der Waals surface area contributed by atoms with E-state index >= 15 is 0 Å². The van der Waals surface area contributed by atoms with Crippen molar-refractivity contribution in [1.82, 2.24) is 5.32 Å². The molecule has 9 nitrogen and oxygen atoms in total. The molecule has 0 aliphatic rings. The number of methoxy groups -OCH3 is 1. The number of rotatable bonds is 7. The fourth-order valence-corrected chi connectivity index (χ4v) is 4.04. The molecule has 0 spiro atoms. The van der Waals surface area contributed by atoms with E-state index in [0.29, 0.717) is 12.1 Å². The number of esters is 1. The van der Waals surface area contributed by atoms with Crippen LogP contribution in [-0.4, -0.2) is 29.8 Å². The number of amides is 2. The first-order valence-electron chi connectivity index (χ1n) is 9.41. The van der Waals surface area contributed by atoms with E-state index in [2.05, 4.69) is 10.6 Å². The van der Waals surface area contributed by atoms with Crippen molar-refractivity contribution in [2.24, 2.45) is 0 Å². The second kappa shape index (κ2) is 9.84. The molecule has 1 heterocycles. The zero-order chi connectivity index (χ0) is 23.3. The van der Waals surface area contributed by atoms with Gasteiger partial charge in [-0.1, -0.05) is 30.3 Å². The van der Waals surface area contributed by atoms with Crippen molar-refractivity contribution in [2.45, 2.75) is 13.5 Å². The number of benzene rings is 2. The monoisotopic (exact) mass is 453 g/mol. The van der Waals surface area contributed by atoms with E-state index in [0.717, 1.165) is 16.9 Å². The standard InChI is InChI=1S/C22H19N3O6S/c1-13-17(22(28)31-2)21(24-19(26)15-8-10-16(11-9-15)25(29)30)32-18(13)20(27)23-12-14-6-4-3-5-7-14/h3-11H,12H2,1-2H3,(H,23,27)(H,24,26). The van der Waals surface area contributed by atoms with Gasteiger partial charge in [-0.05, 0) is 30.2 Å². The second-order valence-electron chi connectivity index (χ2n) is 6.68. The Bertz CT molecular complexity index is 1170. The molecule has 3 rings (SSSR count). The highest BCUT2D eigenvalue weighted by Gasteiger charge is 2.26. The largest absolute Gasteiger partial charge is 0.465 e. The summed E-state index contributed by atoms with van der Waals surface area (Å²) >= 11 is 0.951. The fourth-order valence-electron chi connectivity index (χ4n) is 2.93. The Morgan fingerprint density at radius 2 is 1.69 bits per heavy atom. The van der Waals surface area contributed by atoms with Crippen LogP contribution in [-0.2, 0) is 11.3 Å². The summed E-state index contributed by atoms with van der Waals surface area (Å²) in [6, 6.07) is 14.4. The van der Waals surface area contributed by atoms with E-state index < -0.39 is 22.7 Å². The minimum Gasteiger partial charge on any atom is -0.465 e. The minimum absolute atomic E-state index is 0.0811. The lowest BCUT2D eigenvalue weighted by molar-refractivity contribution is -0.384. The van der Waals surface area contributed by atoms with Gasteiger partial charge in [0.1, 0.15) is 5.00 Å². The highest BCUT2D eigenvalue weighted by atomic mass is 32.1. The number of carbonyl (C=O) groups is 3. The first-order valence-corrected chi connectivity index (χ1v) is 10.2. The van der Waals surface area contributed by atoms with Gasteiger partial charge in [0, 0.05) is 24.2 Å². The Balaban J connectivity index is 1.84. The Morgan fingerprint density at radius 3 is 2.28 bits per heavy atom. The van der Waals surface area contributed by atoms with Crippen molar-refractivity contribution in [2.75, 3.05) is 12.4 Å². The smallest absolute Gasteiger partial charge is 0.341 e. The molecule has 0 atom stereocenters. The number of nitrogens with one attached hydrogen (secondary N) is 2. The maximum atomic E-state index is 12.7. The predicted molar refractivity (Wildman–Crippen MR) is 119 cm³/mol. The molecule has 164 valence electrons. The van der Waals surface area contributed by atoms with Crippen LogP contribution >= 0.6 is 11.3 Å². The first-order chi connectivity index (χ1) is 15.3. The molecule has 2 aromatic carbocycles. The van der Waals surface area contributed by atoms with Crippen LogP contribution in [0.25, 0.3) is 0 Å². The molecule has 2 N–H and O–H groups in total. The first kappa shape index (κ1) is 22.6. The lowest BCUT2D eigenvalue weighted by Crippen LogP contribution is -2.22. The average molecular weight is 453 g/mol. The van der Waals surface area contributed by atoms with Crippen LogP contribution in [0.4, 0.5) is 10.7 Å². The minimum atomic E-state index is -0.695. The van der Waals surface area contributed by atoms with Gasteiger partial charge < -0.3 is 15.4 Å². The zero-order valence-electron chi connectivity index (χ0n) is 17.2. The van der Waals surface area contributed by atoms with E-state index in [9.17, 15) is 24.5 Å². The lowest BCUT2D eigenvalue weighted by atomic mass is 10.1. The van der Waals surface area contributed by atoms with Gasteiger partial charge in [0.25, 0.3) is 17.5 Å². The molecule has 1 aromatic heterocycles. The maximum absolute atomic E-state index is 12.7. The quantitative estimate of drug-likeness (QED) is 0.317. The van der Waals surface area contributed by atoms with Crippen molar-refractivity contribution in [3.05, 3.63) is 91.8 Å². The molecule has 0 fully saturated rings. The maximum Gasteiger partial charge on any atom is 0.341 e. The number of hydrogen-bond donors (Lipinski definition) is 2. The van der Waals surface area contributed by atoms with E-state index in [-0.39, 0.29) is 26.7 Å². The number of carbonyl (C=O) groups excluding carboxylic acids is 3. The van der Waals surface area contributed by atoms with Crippen molar-refractivity contribution >= 4 is 39.8 Å². The Hall–Kier alpha value is -4.05. The molecule has 3 aromatic rings. The van der Waals surface area contributed by atoms with Crippen molar-refractivity contribution in [1.29, 1.82) is 0 Å². The molecule has 0 unspecified atom stereocenters. The number of nitro groups is 1. The third-order valence-electron chi connectivity index (χ3n) is 4.61. The lowest BCUT2D eigenvalue weighted by Gasteiger charge is -2.06. The molecule has 0 aliphatic carbocycles. The number of nitro benzene ring substituents is 1. The SMILES string of the molecule is COC(=O)c1c(NC(=O)c2ccc([N+](=O)[O-])cc2)sc(C(=O)NCc2ccccc2)c1C. The van der Waals surface area contributed by atoms with E-state index in [1.807, 2.05) is 30.3 Å². The zero-order valence-corrected chi connectivity index (χ0v) is 18.0. The Labute approximate surface area is 187 Å². The predicted octanol–water partition coefficient (Wildman–Crippen LogP) is 3.93. The van der Waals surface area contributed by atoms with Crippen LogP contribution in [0.3, 0.4) is 0 Å². The summed E-state index contributed by atoms with van der Waals surface area (Å²) in [4.78, 5) is 48.2. The van der Waals surface area contributed by atoms with Gasteiger partial charge in [0.15, 0.2) is 0 Å². The highest BCUT2D eigenvalue weighted by Crippen LogP contribution is 2.34. The molecular weight excluding hydrogens is 434 g/mol. The summed E-state index contributed by atoms with van der Waals surface area (Å²) in [6.07, 6.45) is 0. The van der Waals surface area contributed by atoms with Gasteiger partial charge in [-0.2, -0.15) is 0 Å². The highest BCUT2D eigenvalue weighted by molar-refractivity contribution is 7.18. The molecule has 2 amide bonds. The molecule has 0 saturated carbocycles. The molecule has 0 radical (unpaired) electrons. The number of anilines is 1. The van der Waals surface area contributed by atoms with Crippen LogP contribution in [0.15, 0.2) is 54.6 Å².